The van der Waals surface area contributed by atoms with Crippen LogP contribution in [0.3, 0.4) is 0 Å². The van der Waals surface area contributed by atoms with Crippen molar-refractivity contribution in [1.82, 2.24) is 9.88 Å². The Hall–Kier alpha value is -3.45. The summed E-state index contributed by atoms with van der Waals surface area (Å²) in [4.78, 5) is 33.7. The molecule has 3 aromatic rings. The summed E-state index contributed by atoms with van der Waals surface area (Å²) >= 11 is 0. The Morgan fingerprint density at radius 3 is 2.58 bits per heavy atom. The van der Waals surface area contributed by atoms with Gasteiger partial charge in [-0.3, -0.25) is 14.6 Å². The zero-order valence-corrected chi connectivity index (χ0v) is 17.7. The zero-order valence-electron chi connectivity index (χ0n) is 17.7. The Morgan fingerprint density at radius 1 is 1.16 bits per heavy atom. The molecule has 31 heavy (non-hydrogen) atoms. The predicted octanol–water partition coefficient (Wildman–Crippen LogP) is 2.33. The maximum atomic E-state index is 13.4. The number of benzene rings is 1. The van der Waals surface area contributed by atoms with E-state index in [-0.39, 0.29) is 11.3 Å². The lowest BCUT2D eigenvalue weighted by molar-refractivity contribution is -0.895. The molecule has 3 heterocycles. The summed E-state index contributed by atoms with van der Waals surface area (Å²) in [5.74, 6) is -1.50. The van der Waals surface area contributed by atoms with Gasteiger partial charge in [0.1, 0.15) is 11.6 Å². The number of ketones is 1. The molecule has 1 amide bonds. The molecule has 0 aliphatic carbocycles. The van der Waals surface area contributed by atoms with Gasteiger partial charge in [0.05, 0.1) is 37.4 Å². The van der Waals surface area contributed by atoms with Gasteiger partial charge < -0.3 is 19.3 Å². The van der Waals surface area contributed by atoms with E-state index in [1.165, 1.54) is 4.90 Å². The van der Waals surface area contributed by atoms with Crippen molar-refractivity contribution in [2.24, 2.45) is 0 Å². The molecule has 0 bridgehead atoms. The second kappa shape index (κ2) is 8.73. The quantitative estimate of drug-likeness (QED) is 0.546. The van der Waals surface area contributed by atoms with Gasteiger partial charge in [0.25, 0.3) is 5.91 Å². The highest BCUT2D eigenvalue weighted by molar-refractivity contribution is 6.15. The van der Waals surface area contributed by atoms with Crippen LogP contribution in [0.5, 0.6) is 0 Å². The molecule has 0 saturated carbocycles. The van der Waals surface area contributed by atoms with Crippen LogP contribution < -0.4 is 4.90 Å². The first-order valence-corrected chi connectivity index (χ1v) is 10.6. The number of aromatic nitrogens is 1. The fourth-order valence-electron chi connectivity index (χ4n) is 4.07. The highest BCUT2D eigenvalue weighted by Crippen LogP contribution is 2.38. The smallest absolute Gasteiger partial charge is 0.290 e. The summed E-state index contributed by atoms with van der Waals surface area (Å²) in [6, 6.07) is 13.5. The number of likely N-dealkylation sites (N-methyl/N-ethyl adjacent to an activating group) is 1. The Balaban J connectivity index is 1.73. The molecule has 4 rings (SSSR count). The van der Waals surface area contributed by atoms with Crippen molar-refractivity contribution in [2.45, 2.75) is 19.9 Å². The van der Waals surface area contributed by atoms with E-state index in [9.17, 15) is 14.7 Å². The van der Waals surface area contributed by atoms with Crippen LogP contribution in [0.15, 0.2) is 70.5 Å². The minimum absolute atomic E-state index is 0.0114. The summed E-state index contributed by atoms with van der Waals surface area (Å²) in [5.41, 5.74) is 1.12. The van der Waals surface area contributed by atoms with Gasteiger partial charge in [-0.05, 0) is 38.1 Å². The number of Topliss-reactive ketones (excluding diaryl/α,β-unsaturated/α-hetero) is 1. The van der Waals surface area contributed by atoms with Gasteiger partial charge in [0.15, 0.2) is 11.5 Å². The second-order valence-electron chi connectivity index (χ2n) is 7.60. The highest BCUT2D eigenvalue weighted by atomic mass is 16.3. The minimum Gasteiger partial charge on any atom is -0.503 e. The Labute approximate surface area is 180 Å². The van der Waals surface area contributed by atoms with Gasteiger partial charge in [-0.1, -0.05) is 24.3 Å². The summed E-state index contributed by atoms with van der Waals surface area (Å²) in [6.45, 7) is 7.15. The molecule has 7 heteroatoms. The molecule has 0 radical (unpaired) electrons. The molecule has 2 aromatic heterocycles. The number of rotatable bonds is 8. The van der Waals surface area contributed by atoms with E-state index in [0.29, 0.717) is 24.4 Å². The van der Waals surface area contributed by atoms with Gasteiger partial charge in [-0.15, -0.1) is 0 Å². The number of fused-ring (bicyclic) bond motifs is 1. The summed E-state index contributed by atoms with van der Waals surface area (Å²) in [6.07, 6.45) is 1.62. The number of furan rings is 1. The lowest BCUT2D eigenvalue weighted by Crippen LogP contribution is -3.12. The fraction of sp³-hybridized carbons (Fsp3) is 0.292. The lowest BCUT2D eigenvalue weighted by atomic mass is 9.98. The third kappa shape index (κ3) is 3.84. The molecular formula is C24H26N3O4+. The molecule has 0 fully saturated rings. The maximum absolute atomic E-state index is 13.4. The van der Waals surface area contributed by atoms with Crippen molar-refractivity contribution >= 4 is 22.7 Å². The van der Waals surface area contributed by atoms with E-state index in [4.69, 9.17) is 4.42 Å². The first kappa shape index (κ1) is 20.8. The van der Waals surface area contributed by atoms with Crippen LogP contribution in [0.4, 0.5) is 0 Å². The number of aliphatic hydroxyl groups excluding tert-OH is 1. The highest BCUT2D eigenvalue weighted by Gasteiger charge is 2.45. The van der Waals surface area contributed by atoms with Crippen LogP contribution >= 0.6 is 0 Å². The minimum atomic E-state index is -0.760. The van der Waals surface area contributed by atoms with Crippen molar-refractivity contribution in [3.05, 3.63) is 77.5 Å². The first-order valence-electron chi connectivity index (χ1n) is 10.6. The molecule has 160 valence electrons. The SMILES string of the molecule is CC[NH+](CC)CCN1C(=O)C(O)=C(C(=O)c2cc3ccccc3o2)[C@@H]1c1ccccn1. The Bertz CT molecular complexity index is 1100. The normalized spacial score (nSPS) is 16.7. The molecule has 1 aliphatic heterocycles. The van der Waals surface area contributed by atoms with Crippen LogP contribution in [0.2, 0.25) is 0 Å². The first-order chi connectivity index (χ1) is 15.0. The van der Waals surface area contributed by atoms with Crippen molar-refractivity contribution in [2.75, 3.05) is 26.2 Å². The number of nitrogens with one attached hydrogen (secondary N) is 1. The molecule has 1 aromatic carbocycles. The molecule has 0 unspecified atom stereocenters. The summed E-state index contributed by atoms with van der Waals surface area (Å²) in [5, 5.41) is 11.5. The number of carbonyl (C=O) groups is 2. The number of hydrogen-bond acceptors (Lipinski definition) is 5. The molecule has 0 saturated heterocycles. The topological polar surface area (TPSA) is 88.1 Å². The zero-order chi connectivity index (χ0) is 22.0. The van der Waals surface area contributed by atoms with Gasteiger partial charge >= 0.3 is 0 Å². The molecule has 1 atom stereocenters. The second-order valence-corrected chi connectivity index (χ2v) is 7.60. The summed E-state index contributed by atoms with van der Waals surface area (Å²) < 4.78 is 5.73. The third-order valence-electron chi connectivity index (χ3n) is 5.87. The number of amides is 1. The van der Waals surface area contributed by atoms with Crippen LogP contribution in [0, 0.1) is 0 Å². The monoisotopic (exact) mass is 420 g/mol. The van der Waals surface area contributed by atoms with E-state index in [2.05, 4.69) is 18.8 Å². The fourth-order valence-corrected chi connectivity index (χ4v) is 4.07. The third-order valence-corrected chi connectivity index (χ3v) is 5.87. The lowest BCUT2D eigenvalue weighted by Gasteiger charge is -2.27. The molecule has 1 aliphatic rings. The standard InChI is InChI=1S/C24H25N3O4/c1-3-26(4-2)13-14-27-21(17-10-7-8-12-25-17)20(23(29)24(27)30)22(28)19-15-16-9-5-6-11-18(16)31-19/h5-12,15,21,29H,3-4,13-14H2,1-2H3/p+1/t21-/m0/s1. The van der Waals surface area contributed by atoms with E-state index in [1.54, 1.807) is 41.4 Å². The van der Waals surface area contributed by atoms with E-state index in [0.717, 1.165) is 18.5 Å². The van der Waals surface area contributed by atoms with Crippen LogP contribution in [-0.4, -0.2) is 52.9 Å². The van der Waals surface area contributed by atoms with Gasteiger partial charge in [0, 0.05) is 11.6 Å². The van der Waals surface area contributed by atoms with Gasteiger partial charge in [-0.2, -0.15) is 0 Å². The van der Waals surface area contributed by atoms with Crippen LogP contribution in [0.25, 0.3) is 11.0 Å². The van der Waals surface area contributed by atoms with Crippen molar-refractivity contribution < 1.29 is 24.0 Å². The van der Waals surface area contributed by atoms with E-state index >= 15 is 0 Å². The predicted molar refractivity (Wildman–Crippen MR) is 116 cm³/mol. The van der Waals surface area contributed by atoms with Gasteiger partial charge in [-0.25, -0.2) is 0 Å². The number of aliphatic hydroxyl groups is 1. The largest absolute Gasteiger partial charge is 0.503 e. The number of quaternary nitrogens is 1. The van der Waals surface area contributed by atoms with Crippen molar-refractivity contribution in [3.63, 3.8) is 0 Å². The molecule has 0 spiro atoms. The average Bonchev–Trinajstić information content (AvgIpc) is 3.34. The van der Waals surface area contributed by atoms with E-state index < -0.39 is 23.5 Å². The number of para-hydroxylation sites is 1. The van der Waals surface area contributed by atoms with E-state index in [1.807, 2.05) is 18.2 Å². The number of pyridine rings is 1. The molecule has 7 nitrogen and oxygen atoms in total. The van der Waals surface area contributed by atoms with Crippen molar-refractivity contribution in [1.29, 1.82) is 0 Å². The maximum Gasteiger partial charge on any atom is 0.290 e. The molecular weight excluding hydrogens is 394 g/mol. The number of hydrogen-bond donors (Lipinski definition) is 2. The number of carbonyl (C=O) groups excluding carboxylic acids is 2. The Morgan fingerprint density at radius 2 is 1.90 bits per heavy atom. The molecule has 2 N–H and O–H groups in total. The van der Waals surface area contributed by atoms with Crippen LogP contribution in [0.1, 0.15) is 36.1 Å². The summed E-state index contributed by atoms with van der Waals surface area (Å²) in [7, 11) is 0. The van der Waals surface area contributed by atoms with Crippen LogP contribution in [-0.2, 0) is 4.79 Å². The van der Waals surface area contributed by atoms with Crippen molar-refractivity contribution in [3.8, 4) is 0 Å². The number of nitrogens with zero attached hydrogens (tertiary/aromatic N) is 2. The average molecular weight is 420 g/mol. The van der Waals surface area contributed by atoms with Gasteiger partial charge in [0.2, 0.25) is 5.78 Å². The Kier molecular flexibility index (Phi) is 5.86.